The van der Waals surface area contributed by atoms with E-state index in [2.05, 4.69) is 14.9 Å². The molecular formula is C8H11N3O3S. The van der Waals surface area contributed by atoms with Crippen molar-refractivity contribution < 1.29 is 14.7 Å². The Labute approximate surface area is 90.5 Å². The maximum Gasteiger partial charge on any atom is 0.306 e. The minimum Gasteiger partial charge on any atom is -0.481 e. The van der Waals surface area contributed by atoms with Crippen LogP contribution in [0.5, 0.6) is 0 Å². The number of amides is 1. The Morgan fingerprint density at radius 2 is 2.40 bits per heavy atom. The first-order chi connectivity index (χ1) is 7.11. The number of aliphatic carboxylic acids is 1. The molecule has 0 fully saturated rings. The second kappa shape index (κ2) is 5.40. The summed E-state index contributed by atoms with van der Waals surface area (Å²) in [6.07, 6.45) is 0.401. The summed E-state index contributed by atoms with van der Waals surface area (Å²) in [7, 11) is 0. The summed E-state index contributed by atoms with van der Waals surface area (Å²) in [5.41, 5.74) is 0.267. The summed E-state index contributed by atoms with van der Waals surface area (Å²) in [6.45, 7) is 1.92. The second-order valence-electron chi connectivity index (χ2n) is 3.07. The summed E-state index contributed by atoms with van der Waals surface area (Å²) in [5.74, 6) is -1.64. The number of aromatic nitrogens is 2. The maximum absolute atomic E-state index is 11.3. The molecule has 1 rings (SSSR count). The molecule has 1 amide bonds. The van der Waals surface area contributed by atoms with Crippen molar-refractivity contribution in [2.24, 2.45) is 5.92 Å². The van der Waals surface area contributed by atoms with Crippen LogP contribution in [0.2, 0.25) is 0 Å². The Morgan fingerprint density at radius 3 is 2.93 bits per heavy atom. The molecule has 0 aromatic carbocycles. The third-order valence-corrected chi connectivity index (χ3v) is 2.38. The molecule has 15 heavy (non-hydrogen) atoms. The Hall–Kier alpha value is -1.50. The fraction of sp³-hybridized carbons (Fsp3) is 0.500. The molecule has 1 unspecified atom stereocenters. The zero-order valence-corrected chi connectivity index (χ0v) is 8.95. The number of hydrogen-bond acceptors (Lipinski definition) is 5. The van der Waals surface area contributed by atoms with Crippen molar-refractivity contribution in [3.63, 3.8) is 0 Å². The van der Waals surface area contributed by atoms with Gasteiger partial charge >= 0.3 is 5.97 Å². The van der Waals surface area contributed by atoms with Crippen LogP contribution in [0.4, 0.5) is 0 Å². The molecule has 0 bridgehead atoms. The number of rotatable bonds is 5. The van der Waals surface area contributed by atoms with E-state index in [1.807, 2.05) is 0 Å². The lowest BCUT2D eigenvalue weighted by Crippen LogP contribution is -2.27. The molecule has 0 spiro atoms. The predicted molar refractivity (Wildman–Crippen MR) is 53.7 cm³/mol. The maximum atomic E-state index is 11.3. The van der Waals surface area contributed by atoms with Crippen LogP contribution in [0.25, 0.3) is 0 Å². The number of carbonyl (C=O) groups excluding carboxylic acids is 1. The first-order valence-corrected chi connectivity index (χ1v) is 5.23. The van der Waals surface area contributed by atoms with Crippen molar-refractivity contribution in [1.82, 2.24) is 14.9 Å². The summed E-state index contributed by atoms with van der Waals surface area (Å²) in [4.78, 5) is 21.8. The normalized spacial score (nSPS) is 12.1. The quantitative estimate of drug-likeness (QED) is 0.761. The summed E-state index contributed by atoms with van der Waals surface area (Å²) >= 11 is 1.10. The Kier molecular flexibility index (Phi) is 4.17. The lowest BCUT2D eigenvalue weighted by molar-refractivity contribution is -0.141. The molecule has 1 aromatic heterocycles. The molecule has 1 aromatic rings. The van der Waals surface area contributed by atoms with Gasteiger partial charge in [-0.1, -0.05) is 11.4 Å². The molecule has 0 radical (unpaired) electrons. The standard InChI is InChI=1S/C8H11N3O3S/c1-5(8(13)14)2-3-9-7(12)6-4-15-11-10-6/h4-5H,2-3H2,1H3,(H,9,12)(H,13,14). The van der Waals surface area contributed by atoms with Gasteiger partial charge in [-0.05, 0) is 18.0 Å². The molecular weight excluding hydrogens is 218 g/mol. The van der Waals surface area contributed by atoms with Gasteiger partial charge in [0.05, 0.1) is 5.92 Å². The van der Waals surface area contributed by atoms with Gasteiger partial charge in [0.2, 0.25) is 0 Å². The highest BCUT2D eigenvalue weighted by Gasteiger charge is 2.12. The Balaban J connectivity index is 2.27. The average Bonchev–Trinajstić information content (AvgIpc) is 2.70. The second-order valence-corrected chi connectivity index (χ2v) is 3.68. The molecule has 0 aliphatic carbocycles. The third kappa shape index (κ3) is 3.62. The van der Waals surface area contributed by atoms with Crippen LogP contribution in [-0.2, 0) is 4.79 Å². The van der Waals surface area contributed by atoms with Gasteiger partial charge in [0.1, 0.15) is 0 Å². The van der Waals surface area contributed by atoms with E-state index in [-0.39, 0.29) is 11.6 Å². The molecule has 82 valence electrons. The van der Waals surface area contributed by atoms with Gasteiger partial charge < -0.3 is 10.4 Å². The highest BCUT2D eigenvalue weighted by atomic mass is 32.1. The first kappa shape index (κ1) is 11.6. The minimum absolute atomic E-state index is 0.267. The Morgan fingerprint density at radius 1 is 1.67 bits per heavy atom. The minimum atomic E-state index is -0.862. The number of carboxylic acids is 1. The van der Waals surface area contributed by atoms with E-state index in [1.54, 1.807) is 6.92 Å². The summed E-state index contributed by atoms with van der Waals surface area (Å²) < 4.78 is 3.55. The Bertz CT molecular complexity index is 339. The predicted octanol–water partition coefficient (Wildman–Crippen LogP) is 0.379. The summed E-state index contributed by atoms with van der Waals surface area (Å²) in [6, 6.07) is 0. The molecule has 0 aliphatic rings. The van der Waals surface area contributed by atoms with Crippen molar-refractivity contribution in [2.75, 3.05) is 6.54 Å². The van der Waals surface area contributed by atoms with E-state index >= 15 is 0 Å². The van der Waals surface area contributed by atoms with Crippen molar-refractivity contribution in [1.29, 1.82) is 0 Å². The van der Waals surface area contributed by atoms with Crippen molar-refractivity contribution in [3.8, 4) is 0 Å². The number of carbonyl (C=O) groups is 2. The fourth-order valence-electron chi connectivity index (χ4n) is 0.880. The lowest BCUT2D eigenvalue weighted by atomic mass is 10.1. The summed E-state index contributed by atoms with van der Waals surface area (Å²) in [5, 5.41) is 16.3. The van der Waals surface area contributed by atoms with Gasteiger partial charge in [0.15, 0.2) is 5.69 Å². The van der Waals surface area contributed by atoms with Gasteiger partial charge in [-0.15, -0.1) is 5.10 Å². The molecule has 0 saturated carbocycles. The van der Waals surface area contributed by atoms with Crippen LogP contribution in [0.15, 0.2) is 5.38 Å². The van der Waals surface area contributed by atoms with E-state index in [0.29, 0.717) is 13.0 Å². The lowest BCUT2D eigenvalue weighted by Gasteiger charge is -2.06. The van der Waals surface area contributed by atoms with Gasteiger partial charge in [0, 0.05) is 11.9 Å². The van der Waals surface area contributed by atoms with Crippen LogP contribution in [0.1, 0.15) is 23.8 Å². The smallest absolute Gasteiger partial charge is 0.306 e. The van der Waals surface area contributed by atoms with E-state index < -0.39 is 11.9 Å². The third-order valence-electron chi connectivity index (χ3n) is 1.88. The molecule has 6 nitrogen and oxygen atoms in total. The molecule has 2 N–H and O–H groups in total. The van der Waals surface area contributed by atoms with E-state index in [0.717, 1.165) is 11.5 Å². The number of nitrogens with zero attached hydrogens (tertiary/aromatic N) is 2. The van der Waals surface area contributed by atoms with Crippen LogP contribution in [0.3, 0.4) is 0 Å². The zero-order valence-electron chi connectivity index (χ0n) is 8.14. The van der Waals surface area contributed by atoms with E-state index in [9.17, 15) is 9.59 Å². The number of hydrogen-bond donors (Lipinski definition) is 2. The van der Waals surface area contributed by atoms with Crippen molar-refractivity contribution in [3.05, 3.63) is 11.1 Å². The topological polar surface area (TPSA) is 92.2 Å². The molecule has 0 aliphatic heterocycles. The van der Waals surface area contributed by atoms with Gasteiger partial charge in [-0.3, -0.25) is 9.59 Å². The fourth-order valence-corrected chi connectivity index (χ4v) is 1.32. The highest BCUT2D eigenvalue weighted by molar-refractivity contribution is 7.03. The molecule has 1 heterocycles. The SMILES string of the molecule is CC(CCNC(=O)c1csnn1)C(=O)O. The zero-order chi connectivity index (χ0) is 11.3. The monoisotopic (exact) mass is 229 g/mol. The molecule has 0 saturated heterocycles. The number of nitrogens with one attached hydrogen (secondary N) is 1. The average molecular weight is 229 g/mol. The van der Waals surface area contributed by atoms with Gasteiger partial charge in [0.25, 0.3) is 5.91 Å². The van der Waals surface area contributed by atoms with Crippen LogP contribution in [0, 0.1) is 5.92 Å². The van der Waals surface area contributed by atoms with Gasteiger partial charge in [-0.2, -0.15) is 0 Å². The van der Waals surface area contributed by atoms with Crippen molar-refractivity contribution >= 4 is 23.4 Å². The number of carboxylic acid groups (broad SMARTS) is 1. The molecule has 1 atom stereocenters. The highest BCUT2D eigenvalue weighted by Crippen LogP contribution is 2.01. The molecule has 7 heteroatoms. The van der Waals surface area contributed by atoms with Crippen LogP contribution < -0.4 is 5.32 Å². The largest absolute Gasteiger partial charge is 0.481 e. The first-order valence-electron chi connectivity index (χ1n) is 4.39. The van der Waals surface area contributed by atoms with Crippen LogP contribution >= 0.6 is 11.5 Å². The van der Waals surface area contributed by atoms with Crippen molar-refractivity contribution in [2.45, 2.75) is 13.3 Å². The van der Waals surface area contributed by atoms with Crippen LogP contribution in [-0.4, -0.2) is 33.1 Å². The van der Waals surface area contributed by atoms with E-state index in [4.69, 9.17) is 5.11 Å². The van der Waals surface area contributed by atoms with E-state index in [1.165, 1.54) is 5.38 Å². The van der Waals surface area contributed by atoms with Gasteiger partial charge in [-0.25, -0.2) is 0 Å².